The number of rotatable bonds is 5. The van der Waals surface area contributed by atoms with Gasteiger partial charge in [-0.3, -0.25) is 4.68 Å². The van der Waals surface area contributed by atoms with Crippen LogP contribution in [0.5, 0.6) is 0 Å². The monoisotopic (exact) mass is 304 g/mol. The number of aromatic carboxylic acids is 1. The van der Waals surface area contributed by atoms with Crippen LogP contribution in [0.3, 0.4) is 0 Å². The molecule has 22 heavy (non-hydrogen) atoms. The predicted octanol–water partition coefficient (Wildman–Crippen LogP) is 2.65. The SMILES string of the molecule is CC.Cc1nn(C)cc1Cn1cc(CC2CC2)nc1C(=O)O. The van der Waals surface area contributed by atoms with Crippen LogP contribution in [0.15, 0.2) is 12.4 Å². The van der Waals surface area contributed by atoms with Crippen molar-refractivity contribution in [1.82, 2.24) is 19.3 Å². The average molecular weight is 304 g/mol. The van der Waals surface area contributed by atoms with Crippen molar-refractivity contribution < 1.29 is 9.90 Å². The fourth-order valence-electron chi connectivity index (χ4n) is 2.46. The van der Waals surface area contributed by atoms with Crippen LogP contribution in [0.4, 0.5) is 0 Å². The number of aryl methyl sites for hydroxylation is 2. The van der Waals surface area contributed by atoms with Crippen molar-refractivity contribution in [3.8, 4) is 0 Å². The maximum Gasteiger partial charge on any atom is 0.372 e. The molecule has 1 fully saturated rings. The highest BCUT2D eigenvalue weighted by Crippen LogP contribution is 2.32. The summed E-state index contributed by atoms with van der Waals surface area (Å²) in [5, 5.41) is 13.6. The van der Waals surface area contributed by atoms with Crippen LogP contribution in [-0.2, 0) is 20.0 Å². The summed E-state index contributed by atoms with van der Waals surface area (Å²) >= 11 is 0. The Morgan fingerprint density at radius 3 is 2.55 bits per heavy atom. The van der Waals surface area contributed by atoms with Gasteiger partial charge in [0.1, 0.15) is 0 Å². The molecule has 1 N–H and O–H groups in total. The van der Waals surface area contributed by atoms with Gasteiger partial charge in [0.2, 0.25) is 5.82 Å². The van der Waals surface area contributed by atoms with Crippen molar-refractivity contribution in [2.45, 2.75) is 46.6 Å². The number of aromatic nitrogens is 4. The van der Waals surface area contributed by atoms with Crippen LogP contribution >= 0.6 is 0 Å². The summed E-state index contributed by atoms with van der Waals surface area (Å²) in [4.78, 5) is 15.6. The first kappa shape index (κ1) is 16.3. The zero-order valence-corrected chi connectivity index (χ0v) is 13.7. The standard InChI is InChI=1S/C14H18N4O2.C2H6/c1-9-11(6-17(2)16-9)7-18-8-12(5-10-3-4-10)15-13(18)14(19)20;1-2/h6,8,10H,3-5,7H2,1-2H3,(H,19,20);1-2H3. The minimum Gasteiger partial charge on any atom is -0.475 e. The number of carboxylic acid groups (broad SMARTS) is 1. The Hall–Kier alpha value is -2.11. The lowest BCUT2D eigenvalue weighted by Crippen LogP contribution is -2.10. The molecule has 0 radical (unpaired) electrons. The van der Waals surface area contributed by atoms with Gasteiger partial charge in [-0.15, -0.1) is 0 Å². The molecule has 3 rings (SSSR count). The highest BCUT2D eigenvalue weighted by Gasteiger charge is 2.24. The van der Waals surface area contributed by atoms with Gasteiger partial charge >= 0.3 is 5.97 Å². The van der Waals surface area contributed by atoms with E-state index in [0.29, 0.717) is 12.5 Å². The molecule has 120 valence electrons. The Morgan fingerprint density at radius 2 is 2.05 bits per heavy atom. The second kappa shape index (κ2) is 6.77. The molecule has 6 nitrogen and oxygen atoms in total. The first-order valence-electron chi connectivity index (χ1n) is 7.81. The molecular weight excluding hydrogens is 280 g/mol. The minimum atomic E-state index is -0.978. The summed E-state index contributed by atoms with van der Waals surface area (Å²) < 4.78 is 3.46. The molecule has 1 saturated carbocycles. The van der Waals surface area contributed by atoms with Crippen LogP contribution in [0.2, 0.25) is 0 Å². The maximum atomic E-state index is 11.3. The van der Waals surface area contributed by atoms with E-state index in [9.17, 15) is 9.90 Å². The summed E-state index contributed by atoms with van der Waals surface area (Å²) in [6, 6.07) is 0. The zero-order valence-electron chi connectivity index (χ0n) is 13.7. The number of carbonyl (C=O) groups is 1. The molecule has 0 atom stereocenters. The van der Waals surface area contributed by atoms with Gasteiger partial charge in [0.15, 0.2) is 0 Å². The van der Waals surface area contributed by atoms with Crippen LogP contribution in [0, 0.1) is 12.8 Å². The molecule has 0 aromatic carbocycles. The smallest absolute Gasteiger partial charge is 0.372 e. The van der Waals surface area contributed by atoms with Gasteiger partial charge in [0.25, 0.3) is 0 Å². The van der Waals surface area contributed by atoms with Crippen LogP contribution < -0.4 is 0 Å². The van der Waals surface area contributed by atoms with Gasteiger partial charge in [-0.25, -0.2) is 9.78 Å². The highest BCUT2D eigenvalue weighted by molar-refractivity contribution is 5.83. The number of imidazole rings is 1. The van der Waals surface area contributed by atoms with E-state index < -0.39 is 5.97 Å². The Kier molecular flexibility index (Phi) is 5.00. The van der Waals surface area contributed by atoms with Crippen molar-refractivity contribution in [1.29, 1.82) is 0 Å². The van der Waals surface area contributed by atoms with E-state index in [1.807, 2.05) is 40.2 Å². The molecule has 0 aliphatic heterocycles. The third-order valence-corrected chi connectivity index (χ3v) is 3.67. The third kappa shape index (κ3) is 3.75. The second-order valence-corrected chi connectivity index (χ2v) is 5.55. The quantitative estimate of drug-likeness (QED) is 0.921. The summed E-state index contributed by atoms with van der Waals surface area (Å²) in [7, 11) is 1.86. The minimum absolute atomic E-state index is 0.115. The third-order valence-electron chi connectivity index (χ3n) is 3.67. The Morgan fingerprint density at radius 1 is 1.36 bits per heavy atom. The van der Waals surface area contributed by atoms with Gasteiger partial charge in [-0.05, 0) is 32.1 Å². The van der Waals surface area contributed by atoms with Gasteiger partial charge < -0.3 is 9.67 Å². The van der Waals surface area contributed by atoms with Crippen molar-refractivity contribution in [3.05, 3.63) is 35.2 Å². The summed E-state index contributed by atoms with van der Waals surface area (Å²) in [5.41, 5.74) is 2.82. The largest absolute Gasteiger partial charge is 0.475 e. The van der Waals surface area contributed by atoms with E-state index in [1.54, 1.807) is 9.25 Å². The molecule has 0 bridgehead atoms. The van der Waals surface area contributed by atoms with Crippen molar-refractivity contribution >= 4 is 5.97 Å². The zero-order chi connectivity index (χ0) is 16.3. The lowest BCUT2D eigenvalue weighted by molar-refractivity contribution is 0.0678. The van der Waals surface area contributed by atoms with E-state index in [-0.39, 0.29) is 5.82 Å². The van der Waals surface area contributed by atoms with Gasteiger partial charge in [-0.1, -0.05) is 13.8 Å². The van der Waals surface area contributed by atoms with Gasteiger partial charge in [0, 0.05) is 25.0 Å². The lowest BCUT2D eigenvalue weighted by atomic mass is 10.2. The fourth-order valence-corrected chi connectivity index (χ4v) is 2.46. The Labute approximate surface area is 130 Å². The topological polar surface area (TPSA) is 72.9 Å². The van der Waals surface area contributed by atoms with E-state index in [1.165, 1.54) is 12.8 Å². The fraction of sp³-hybridized carbons (Fsp3) is 0.562. The van der Waals surface area contributed by atoms with E-state index >= 15 is 0 Å². The van der Waals surface area contributed by atoms with Crippen LogP contribution in [0.25, 0.3) is 0 Å². The maximum absolute atomic E-state index is 11.3. The van der Waals surface area contributed by atoms with E-state index in [2.05, 4.69) is 10.1 Å². The number of hydrogen-bond acceptors (Lipinski definition) is 3. The molecule has 0 saturated heterocycles. The van der Waals surface area contributed by atoms with Crippen molar-refractivity contribution in [3.63, 3.8) is 0 Å². The van der Waals surface area contributed by atoms with Gasteiger partial charge in [0.05, 0.1) is 17.9 Å². The summed E-state index contributed by atoms with van der Waals surface area (Å²) in [6.07, 6.45) is 7.14. The molecule has 0 amide bonds. The van der Waals surface area contributed by atoms with Crippen molar-refractivity contribution in [2.75, 3.05) is 0 Å². The number of hydrogen-bond donors (Lipinski definition) is 1. The molecule has 1 aliphatic rings. The molecule has 2 heterocycles. The number of carboxylic acids is 1. The molecule has 6 heteroatoms. The predicted molar refractivity (Wildman–Crippen MR) is 84.0 cm³/mol. The van der Waals surface area contributed by atoms with E-state index in [4.69, 9.17) is 0 Å². The Bertz CT molecular complexity index is 653. The van der Waals surface area contributed by atoms with E-state index in [0.717, 1.165) is 23.4 Å². The normalized spacial score (nSPS) is 13.6. The van der Waals surface area contributed by atoms with Crippen molar-refractivity contribution in [2.24, 2.45) is 13.0 Å². The summed E-state index contributed by atoms with van der Waals surface area (Å²) in [5.74, 6) is -0.169. The molecule has 2 aromatic heterocycles. The first-order chi connectivity index (χ1) is 10.5. The highest BCUT2D eigenvalue weighted by atomic mass is 16.4. The average Bonchev–Trinajstić information content (AvgIpc) is 3.10. The van der Waals surface area contributed by atoms with Crippen LogP contribution in [0.1, 0.15) is 54.3 Å². The molecular formula is C16H24N4O2. The molecule has 2 aromatic rings. The molecule has 1 aliphatic carbocycles. The second-order valence-electron chi connectivity index (χ2n) is 5.55. The Balaban J connectivity index is 0.000000847. The van der Waals surface area contributed by atoms with Gasteiger partial charge in [-0.2, -0.15) is 5.10 Å². The lowest BCUT2D eigenvalue weighted by Gasteiger charge is -2.03. The molecule has 0 unspecified atom stereocenters. The summed E-state index contributed by atoms with van der Waals surface area (Å²) in [6.45, 7) is 6.43. The molecule has 0 spiro atoms. The first-order valence-corrected chi connectivity index (χ1v) is 7.81. The van der Waals surface area contributed by atoms with Crippen LogP contribution in [-0.4, -0.2) is 30.4 Å². The number of nitrogens with zero attached hydrogens (tertiary/aromatic N) is 4.